The smallest absolute Gasteiger partial charge is 0.150 e. The number of hydrogen-bond donors (Lipinski definition) is 1. The molecule has 0 radical (unpaired) electrons. The molecule has 3 aromatic rings. The van der Waals surface area contributed by atoms with E-state index in [0.29, 0.717) is 5.75 Å². The third-order valence-electron chi connectivity index (χ3n) is 2.63. The summed E-state index contributed by atoms with van der Waals surface area (Å²) >= 11 is 0. The van der Waals surface area contributed by atoms with Crippen LogP contribution in [-0.2, 0) is 0 Å². The molecule has 0 fully saturated rings. The second-order valence-electron chi connectivity index (χ2n) is 4.39. The van der Waals surface area contributed by atoms with Crippen molar-refractivity contribution >= 4 is 12.6 Å². The Morgan fingerprint density at radius 2 is 0.826 bits per heavy atom. The van der Waals surface area contributed by atoms with Crippen molar-refractivity contribution in [3.8, 4) is 5.75 Å². The molecule has 3 rings (SSSR count). The highest BCUT2D eigenvalue weighted by Crippen LogP contribution is 2.02. The summed E-state index contributed by atoms with van der Waals surface area (Å²) in [7, 11) is 0. The van der Waals surface area contributed by atoms with E-state index in [2.05, 4.69) is 0 Å². The van der Waals surface area contributed by atoms with Crippen LogP contribution < -0.4 is 0 Å². The molecule has 0 amide bonds. The molecule has 116 valence electrons. The number of hydrogen-bond acceptors (Lipinski definition) is 3. The Balaban J connectivity index is 0.000000173. The van der Waals surface area contributed by atoms with Gasteiger partial charge in [-0.1, -0.05) is 78.9 Å². The van der Waals surface area contributed by atoms with Crippen LogP contribution in [0.1, 0.15) is 20.7 Å². The second-order valence-corrected chi connectivity index (χ2v) is 4.39. The van der Waals surface area contributed by atoms with Crippen LogP contribution in [0.5, 0.6) is 5.75 Å². The third-order valence-corrected chi connectivity index (χ3v) is 2.63. The lowest BCUT2D eigenvalue weighted by atomic mass is 10.2. The van der Waals surface area contributed by atoms with E-state index in [9.17, 15) is 9.59 Å². The summed E-state index contributed by atoms with van der Waals surface area (Å²) in [6.07, 6.45) is 1.67. The van der Waals surface area contributed by atoms with Gasteiger partial charge in [0.2, 0.25) is 0 Å². The van der Waals surface area contributed by atoms with Crippen molar-refractivity contribution in [2.24, 2.45) is 0 Å². The van der Waals surface area contributed by atoms with Gasteiger partial charge < -0.3 is 5.11 Å². The van der Waals surface area contributed by atoms with Crippen LogP contribution in [0.2, 0.25) is 0 Å². The number of carbonyl (C=O) groups is 2. The maximum atomic E-state index is 10.0. The minimum Gasteiger partial charge on any atom is -0.508 e. The highest BCUT2D eigenvalue weighted by molar-refractivity contribution is 5.74. The lowest BCUT2D eigenvalue weighted by molar-refractivity contribution is 0.111. The molecule has 3 nitrogen and oxygen atoms in total. The van der Waals surface area contributed by atoms with Crippen LogP contribution in [-0.4, -0.2) is 17.7 Å². The molecule has 23 heavy (non-hydrogen) atoms. The van der Waals surface area contributed by atoms with Gasteiger partial charge in [-0.2, -0.15) is 0 Å². The number of phenolic OH excluding ortho intramolecular Hbond substituents is 1. The zero-order valence-electron chi connectivity index (χ0n) is 12.6. The van der Waals surface area contributed by atoms with E-state index < -0.39 is 0 Å². The van der Waals surface area contributed by atoms with Gasteiger partial charge in [-0.3, -0.25) is 9.59 Å². The number of benzene rings is 3. The molecule has 3 aromatic carbocycles. The summed E-state index contributed by atoms with van der Waals surface area (Å²) in [5.74, 6) is 0.322. The van der Waals surface area contributed by atoms with Crippen molar-refractivity contribution < 1.29 is 14.7 Å². The van der Waals surface area contributed by atoms with Gasteiger partial charge in [0.15, 0.2) is 0 Å². The molecular formula is C20H18O3. The van der Waals surface area contributed by atoms with Gasteiger partial charge in [0.1, 0.15) is 18.3 Å². The quantitative estimate of drug-likeness (QED) is 0.714. The molecule has 0 saturated heterocycles. The Morgan fingerprint density at radius 3 is 1.00 bits per heavy atom. The maximum Gasteiger partial charge on any atom is 0.150 e. The lowest BCUT2D eigenvalue weighted by Gasteiger charge is -1.82. The molecular weight excluding hydrogens is 288 g/mol. The van der Waals surface area contributed by atoms with Gasteiger partial charge in [-0.05, 0) is 12.1 Å². The van der Waals surface area contributed by atoms with Crippen molar-refractivity contribution in [3.63, 3.8) is 0 Å². The normalized spacial score (nSPS) is 8.52. The van der Waals surface area contributed by atoms with E-state index in [1.54, 1.807) is 48.5 Å². The number of aldehydes is 2. The Hall–Kier alpha value is -3.20. The van der Waals surface area contributed by atoms with Crippen LogP contribution in [0.25, 0.3) is 0 Å². The predicted octanol–water partition coefficient (Wildman–Crippen LogP) is 4.39. The largest absolute Gasteiger partial charge is 0.508 e. The molecule has 3 heteroatoms. The molecule has 0 saturated carbocycles. The van der Waals surface area contributed by atoms with Crippen LogP contribution >= 0.6 is 0 Å². The zero-order chi connectivity index (χ0) is 16.8. The topological polar surface area (TPSA) is 54.4 Å². The highest BCUT2D eigenvalue weighted by atomic mass is 16.3. The first-order valence-electron chi connectivity index (χ1n) is 7.00. The summed E-state index contributed by atoms with van der Waals surface area (Å²) in [5, 5.41) is 8.63. The van der Waals surface area contributed by atoms with Crippen molar-refractivity contribution in [1.82, 2.24) is 0 Å². The van der Waals surface area contributed by atoms with E-state index >= 15 is 0 Å². The summed E-state index contributed by atoms with van der Waals surface area (Å²) in [6.45, 7) is 0. The van der Waals surface area contributed by atoms with Crippen molar-refractivity contribution in [2.45, 2.75) is 0 Å². The van der Waals surface area contributed by atoms with Crippen LogP contribution in [0.4, 0.5) is 0 Å². The third kappa shape index (κ3) is 8.63. The number of rotatable bonds is 2. The van der Waals surface area contributed by atoms with Crippen LogP contribution in [0, 0.1) is 0 Å². The van der Waals surface area contributed by atoms with E-state index in [0.717, 1.165) is 23.7 Å². The van der Waals surface area contributed by atoms with Crippen molar-refractivity contribution in [2.75, 3.05) is 0 Å². The van der Waals surface area contributed by atoms with Gasteiger partial charge in [0.05, 0.1) is 0 Å². The first-order valence-corrected chi connectivity index (χ1v) is 7.00. The monoisotopic (exact) mass is 306 g/mol. The number of carbonyl (C=O) groups excluding carboxylic acids is 2. The van der Waals surface area contributed by atoms with Gasteiger partial charge in [-0.15, -0.1) is 0 Å². The van der Waals surface area contributed by atoms with E-state index in [1.165, 1.54) is 0 Å². The fraction of sp³-hybridized carbons (Fsp3) is 0. The molecule has 0 atom stereocenters. The molecule has 0 spiro atoms. The number of phenols is 1. The molecule has 0 unspecified atom stereocenters. The standard InChI is InChI=1S/2C7H6O.C6H6O/c2*8-6-7-4-2-1-3-5-7;7-6-4-2-1-3-5-6/h2*1-6H;1-5,7H. The van der Waals surface area contributed by atoms with Gasteiger partial charge in [-0.25, -0.2) is 0 Å². The summed E-state index contributed by atoms with van der Waals surface area (Å²) in [6, 6.07) is 26.9. The Kier molecular flexibility index (Phi) is 8.89. The minimum atomic E-state index is 0.322. The molecule has 0 aromatic heterocycles. The first-order chi connectivity index (χ1) is 11.3. The molecule has 0 heterocycles. The molecule has 0 bridgehead atoms. The van der Waals surface area contributed by atoms with E-state index in [1.807, 2.05) is 42.5 Å². The fourth-order valence-corrected chi connectivity index (χ4v) is 1.49. The maximum absolute atomic E-state index is 10.0. The van der Waals surface area contributed by atoms with Crippen LogP contribution in [0.3, 0.4) is 0 Å². The average Bonchev–Trinajstić information content (AvgIpc) is 2.65. The number of para-hydroxylation sites is 1. The van der Waals surface area contributed by atoms with Crippen LogP contribution in [0.15, 0.2) is 91.0 Å². The first kappa shape index (κ1) is 17.9. The number of aromatic hydroxyl groups is 1. The summed E-state index contributed by atoms with van der Waals surface area (Å²) in [4.78, 5) is 20.0. The minimum absolute atomic E-state index is 0.322. The summed E-state index contributed by atoms with van der Waals surface area (Å²) < 4.78 is 0. The van der Waals surface area contributed by atoms with E-state index in [-0.39, 0.29) is 0 Å². The molecule has 1 N–H and O–H groups in total. The van der Waals surface area contributed by atoms with Gasteiger partial charge in [0, 0.05) is 11.1 Å². The lowest BCUT2D eigenvalue weighted by Crippen LogP contribution is -1.73. The second kappa shape index (κ2) is 11.5. The van der Waals surface area contributed by atoms with Gasteiger partial charge in [0.25, 0.3) is 0 Å². The van der Waals surface area contributed by atoms with Crippen molar-refractivity contribution in [1.29, 1.82) is 0 Å². The van der Waals surface area contributed by atoms with Gasteiger partial charge >= 0.3 is 0 Å². The molecule has 0 aliphatic rings. The van der Waals surface area contributed by atoms with E-state index in [4.69, 9.17) is 5.11 Å². The Morgan fingerprint density at radius 1 is 0.522 bits per heavy atom. The predicted molar refractivity (Wildman–Crippen MR) is 91.8 cm³/mol. The van der Waals surface area contributed by atoms with Crippen molar-refractivity contribution in [3.05, 3.63) is 102 Å². The molecule has 0 aliphatic carbocycles. The zero-order valence-corrected chi connectivity index (χ0v) is 12.6. The Bertz CT molecular complexity index is 622. The average molecular weight is 306 g/mol. The SMILES string of the molecule is O=Cc1ccccc1.O=Cc1ccccc1.Oc1ccccc1. The fourth-order valence-electron chi connectivity index (χ4n) is 1.49. The highest BCUT2D eigenvalue weighted by Gasteiger charge is 1.80. The summed E-state index contributed by atoms with van der Waals surface area (Å²) in [5.41, 5.74) is 1.46. The molecule has 0 aliphatic heterocycles. The Labute approximate surface area is 135 Å².